The largest absolute Gasteiger partial charge is 0.340 e. The maximum Gasteiger partial charge on any atom is 0.249 e. The Morgan fingerprint density at radius 2 is 2.00 bits per heavy atom. The van der Waals surface area contributed by atoms with E-state index in [1.165, 1.54) is 12.8 Å². The van der Waals surface area contributed by atoms with E-state index in [0.29, 0.717) is 12.0 Å². The number of likely N-dealkylation sites (N-methyl/N-ethyl adjacent to an activating group) is 1. The van der Waals surface area contributed by atoms with Gasteiger partial charge in [0.15, 0.2) is 5.82 Å². The van der Waals surface area contributed by atoms with Crippen LogP contribution in [0.2, 0.25) is 0 Å². The molecule has 8 heteroatoms. The summed E-state index contributed by atoms with van der Waals surface area (Å²) in [6.45, 7) is 3.98. The molecule has 4 rings (SSSR count). The average Bonchev–Trinajstić information content (AvgIpc) is 3.29. The van der Waals surface area contributed by atoms with Crippen LogP contribution in [0.5, 0.6) is 0 Å². The van der Waals surface area contributed by atoms with E-state index < -0.39 is 0 Å². The number of carbonyl (C=O) groups excluding carboxylic acids is 1. The fourth-order valence-corrected chi connectivity index (χ4v) is 4.23. The molecule has 0 aromatic carbocycles. The zero-order valence-corrected chi connectivity index (χ0v) is 17.2. The molecular weight excluding hydrogens is 366 g/mol. The zero-order valence-electron chi connectivity index (χ0n) is 17.2. The Bertz CT molecular complexity index is 909. The number of nitrogens with one attached hydrogen (secondary N) is 1. The smallest absolute Gasteiger partial charge is 0.249 e. The van der Waals surface area contributed by atoms with Gasteiger partial charge in [-0.25, -0.2) is 10.4 Å². The minimum Gasteiger partial charge on any atom is -0.340 e. The lowest BCUT2D eigenvalue weighted by Gasteiger charge is -2.43. The van der Waals surface area contributed by atoms with E-state index in [9.17, 15) is 4.79 Å². The van der Waals surface area contributed by atoms with Crippen LogP contribution in [0.3, 0.4) is 0 Å². The molecule has 1 fully saturated rings. The van der Waals surface area contributed by atoms with Crippen molar-refractivity contribution < 1.29 is 4.79 Å². The minimum absolute atomic E-state index is 0.114. The Hall–Kier alpha value is -3.03. The maximum atomic E-state index is 12.9. The van der Waals surface area contributed by atoms with E-state index in [2.05, 4.69) is 32.3 Å². The Balaban J connectivity index is 1.66. The van der Waals surface area contributed by atoms with Gasteiger partial charge in [-0.3, -0.25) is 9.78 Å². The van der Waals surface area contributed by atoms with Gasteiger partial charge in [-0.2, -0.15) is 10.1 Å². The van der Waals surface area contributed by atoms with Crippen molar-refractivity contribution in [3.8, 4) is 0 Å². The Morgan fingerprint density at radius 3 is 2.69 bits per heavy atom. The second-order valence-corrected chi connectivity index (χ2v) is 7.61. The summed E-state index contributed by atoms with van der Waals surface area (Å²) in [5.41, 5.74) is 5.54. The summed E-state index contributed by atoms with van der Waals surface area (Å²) < 4.78 is 0. The lowest BCUT2D eigenvalue weighted by atomic mass is 10.0. The van der Waals surface area contributed by atoms with E-state index in [-0.39, 0.29) is 11.9 Å². The van der Waals surface area contributed by atoms with Gasteiger partial charge in [0, 0.05) is 31.0 Å². The molecule has 1 atom stereocenters. The second-order valence-electron chi connectivity index (χ2n) is 7.61. The summed E-state index contributed by atoms with van der Waals surface area (Å²) in [5, 5.41) is 4.42. The number of amides is 1. The Morgan fingerprint density at radius 1 is 1.28 bits per heavy atom. The highest BCUT2D eigenvalue weighted by atomic mass is 16.2. The highest BCUT2D eigenvalue weighted by Crippen LogP contribution is 2.39. The number of pyridine rings is 1. The van der Waals surface area contributed by atoms with E-state index in [4.69, 9.17) is 4.98 Å². The minimum atomic E-state index is -0.180. The van der Waals surface area contributed by atoms with Gasteiger partial charge in [0.1, 0.15) is 11.7 Å². The van der Waals surface area contributed by atoms with Crippen molar-refractivity contribution in [2.75, 3.05) is 22.3 Å². The second kappa shape index (κ2) is 8.14. The van der Waals surface area contributed by atoms with Crippen LogP contribution in [0, 0.1) is 0 Å². The van der Waals surface area contributed by atoms with Crippen molar-refractivity contribution in [1.82, 2.24) is 15.0 Å². The molecule has 2 aromatic rings. The van der Waals surface area contributed by atoms with Crippen molar-refractivity contribution >= 4 is 29.1 Å². The number of aromatic nitrogens is 3. The molecule has 152 valence electrons. The third-order valence-electron chi connectivity index (χ3n) is 5.83. The molecular formula is C21H27N7O. The first-order valence-corrected chi connectivity index (χ1v) is 10.2. The van der Waals surface area contributed by atoms with Gasteiger partial charge in [0.2, 0.25) is 11.9 Å². The molecule has 1 N–H and O–H groups in total. The molecule has 0 saturated heterocycles. The number of hydrogen-bond acceptors (Lipinski definition) is 7. The van der Waals surface area contributed by atoms with Gasteiger partial charge >= 0.3 is 0 Å². The first-order valence-electron chi connectivity index (χ1n) is 10.2. The van der Waals surface area contributed by atoms with Gasteiger partial charge in [-0.15, -0.1) is 0 Å². The molecule has 1 aliphatic carbocycles. The predicted molar refractivity (Wildman–Crippen MR) is 114 cm³/mol. The normalized spacial score (nSPS) is 20.2. The Labute approximate surface area is 171 Å². The molecule has 0 spiro atoms. The van der Waals surface area contributed by atoms with Crippen molar-refractivity contribution in [3.05, 3.63) is 36.3 Å². The van der Waals surface area contributed by atoms with E-state index >= 15 is 0 Å². The monoisotopic (exact) mass is 393 g/mol. The topological polar surface area (TPSA) is 86.6 Å². The summed E-state index contributed by atoms with van der Waals surface area (Å²) in [6.07, 6.45) is 10.5. The number of hydrogen-bond donors (Lipinski definition) is 1. The van der Waals surface area contributed by atoms with Crippen LogP contribution >= 0.6 is 0 Å². The number of fused-ring (bicyclic) bond motifs is 1. The average molecular weight is 393 g/mol. The predicted octanol–water partition coefficient (Wildman–Crippen LogP) is 3.21. The third-order valence-corrected chi connectivity index (χ3v) is 5.83. The van der Waals surface area contributed by atoms with Crippen molar-refractivity contribution in [1.29, 1.82) is 0 Å². The number of hydrazone groups is 1. The molecule has 1 aliphatic heterocycles. The fraction of sp³-hybridized carbons (Fsp3) is 0.476. The lowest BCUT2D eigenvalue weighted by Crippen LogP contribution is -2.55. The van der Waals surface area contributed by atoms with Gasteiger partial charge in [0.25, 0.3) is 0 Å². The molecule has 8 nitrogen and oxygen atoms in total. The fourth-order valence-electron chi connectivity index (χ4n) is 4.23. The standard InChI is InChI=1S/C21H27N7O/c1-4-17-20(29)27(3)18-13-23-21(24-19(18)28(17)16-7-5-6-8-16)26-25-14(2)15-9-11-22-12-10-15/h9-13,16-17H,4-8H2,1-3H3,(H,23,24,26). The summed E-state index contributed by atoms with van der Waals surface area (Å²) >= 11 is 0. The molecule has 0 radical (unpaired) electrons. The van der Waals surface area contributed by atoms with Crippen LogP contribution in [0.1, 0.15) is 51.5 Å². The van der Waals surface area contributed by atoms with Crippen LogP contribution in [0.25, 0.3) is 0 Å². The van der Waals surface area contributed by atoms with Crippen LogP contribution in [-0.2, 0) is 4.79 Å². The summed E-state index contributed by atoms with van der Waals surface area (Å²) in [4.78, 5) is 30.0. The number of nitrogens with zero attached hydrogens (tertiary/aromatic N) is 6. The van der Waals surface area contributed by atoms with Crippen molar-refractivity contribution in [2.24, 2.45) is 5.10 Å². The first-order chi connectivity index (χ1) is 14.1. The van der Waals surface area contributed by atoms with Gasteiger partial charge in [0.05, 0.1) is 11.9 Å². The van der Waals surface area contributed by atoms with Crippen molar-refractivity contribution in [3.63, 3.8) is 0 Å². The highest BCUT2D eigenvalue weighted by Gasteiger charge is 2.41. The molecule has 2 aliphatic rings. The molecule has 1 unspecified atom stereocenters. The molecule has 29 heavy (non-hydrogen) atoms. The number of carbonyl (C=O) groups is 1. The number of rotatable bonds is 5. The molecule has 1 amide bonds. The van der Waals surface area contributed by atoms with Crippen LogP contribution < -0.4 is 15.2 Å². The molecule has 3 heterocycles. The SMILES string of the molecule is CCC1C(=O)N(C)c2cnc(NN=C(C)c3ccncc3)nc2N1C1CCCC1. The van der Waals surface area contributed by atoms with Crippen molar-refractivity contribution in [2.45, 2.75) is 58.0 Å². The van der Waals surface area contributed by atoms with E-state index in [1.807, 2.05) is 19.1 Å². The van der Waals surface area contributed by atoms with Gasteiger partial charge in [-0.05, 0) is 38.3 Å². The molecule has 1 saturated carbocycles. The summed E-state index contributed by atoms with van der Waals surface area (Å²) in [7, 11) is 1.80. The molecule has 2 aromatic heterocycles. The van der Waals surface area contributed by atoms with Crippen LogP contribution in [0.15, 0.2) is 35.8 Å². The zero-order chi connectivity index (χ0) is 20.4. The molecule has 0 bridgehead atoms. The number of anilines is 3. The lowest BCUT2D eigenvalue weighted by molar-refractivity contribution is -0.120. The van der Waals surface area contributed by atoms with Gasteiger partial charge in [-0.1, -0.05) is 19.8 Å². The maximum absolute atomic E-state index is 12.9. The quantitative estimate of drug-likeness (QED) is 0.620. The van der Waals surface area contributed by atoms with E-state index in [1.54, 1.807) is 30.5 Å². The van der Waals surface area contributed by atoms with E-state index in [0.717, 1.165) is 42.0 Å². The first kappa shape index (κ1) is 19.3. The van der Waals surface area contributed by atoms with Crippen LogP contribution in [-0.4, -0.2) is 45.7 Å². The highest BCUT2D eigenvalue weighted by molar-refractivity contribution is 6.04. The van der Waals surface area contributed by atoms with Crippen LogP contribution in [0.4, 0.5) is 17.5 Å². The Kier molecular flexibility index (Phi) is 5.42. The third kappa shape index (κ3) is 3.66. The summed E-state index contributed by atoms with van der Waals surface area (Å²) in [6, 6.07) is 3.98. The summed E-state index contributed by atoms with van der Waals surface area (Å²) in [5.74, 6) is 1.36. The van der Waals surface area contributed by atoms with Gasteiger partial charge < -0.3 is 9.80 Å².